The first-order valence-corrected chi connectivity index (χ1v) is 13.2. The quantitative estimate of drug-likeness (QED) is 0.604. The van der Waals surface area contributed by atoms with Gasteiger partial charge in [0, 0.05) is 56.7 Å². The van der Waals surface area contributed by atoms with Gasteiger partial charge < -0.3 is 20.0 Å². The Morgan fingerprint density at radius 3 is 2.57 bits per heavy atom. The molecular weight excluding hydrogens is 513 g/mol. The monoisotopic (exact) mass is 541 g/mol. The molecule has 0 spiro atoms. The summed E-state index contributed by atoms with van der Waals surface area (Å²) in [5.74, 6) is -0.123. The lowest BCUT2D eigenvalue weighted by Crippen LogP contribution is -2.52. The Kier molecular flexibility index (Phi) is 7.31. The van der Waals surface area contributed by atoms with Crippen LogP contribution in [0.3, 0.4) is 0 Å². The molecule has 194 valence electrons. The number of carbonyl (C=O) groups excluding carboxylic acids is 3. The number of nitrogens with one attached hydrogen (secondary N) is 1. The Morgan fingerprint density at radius 2 is 1.78 bits per heavy atom. The Labute approximate surface area is 226 Å². The van der Waals surface area contributed by atoms with Crippen LogP contribution in [-0.4, -0.2) is 83.4 Å². The number of benzene rings is 2. The first kappa shape index (κ1) is 25.4. The van der Waals surface area contributed by atoms with Crippen molar-refractivity contribution in [3.63, 3.8) is 0 Å². The van der Waals surface area contributed by atoms with Gasteiger partial charge in [0.25, 0.3) is 0 Å². The molecule has 1 saturated heterocycles. The molecule has 3 aliphatic rings. The fourth-order valence-corrected chi connectivity index (χ4v) is 5.68. The van der Waals surface area contributed by atoms with E-state index in [9.17, 15) is 14.4 Å². The van der Waals surface area contributed by atoms with Crippen LogP contribution in [-0.2, 0) is 11.2 Å². The fraction of sp³-hybridized carbons (Fsp3) is 0.370. The van der Waals surface area contributed by atoms with Crippen LogP contribution in [0, 0.1) is 0 Å². The smallest absolute Gasteiger partial charge is 0.324 e. The summed E-state index contributed by atoms with van der Waals surface area (Å²) in [6.07, 6.45) is 3.89. The van der Waals surface area contributed by atoms with Crippen molar-refractivity contribution in [3.8, 4) is 0 Å². The molecule has 0 atom stereocenters. The molecule has 0 bridgehead atoms. The zero-order chi connectivity index (χ0) is 26.1. The minimum absolute atomic E-state index is 0.0605. The van der Waals surface area contributed by atoms with E-state index in [-0.39, 0.29) is 30.6 Å². The number of likely N-dealkylation sites (tertiary alicyclic amines) is 1. The highest BCUT2D eigenvalue weighted by Crippen LogP contribution is 2.33. The van der Waals surface area contributed by atoms with Crippen molar-refractivity contribution in [2.75, 3.05) is 45.1 Å². The first-order valence-electron chi connectivity index (χ1n) is 12.4. The van der Waals surface area contributed by atoms with Crippen molar-refractivity contribution in [1.82, 2.24) is 19.6 Å². The molecule has 10 heteroatoms. The lowest BCUT2D eigenvalue weighted by molar-refractivity contribution is -0.132. The standard InChI is InChI=1S/C27H29Cl2N5O3/c1-31-15-19(21-6-4-7-22(28)25(21)29)16-33(27(31)37)17-24(35)32-12-10-20(11-13-32)34-14-9-18-5-2-3-8-23(18)30-26(34)36/h2-8,16,20H,9-15,17H2,1H3,(H,30,36). The van der Waals surface area contributed by atoms with E-state index < -0.39 is 0 Å². The minimum Gasteiger partial charge on any atom is -0.341 e. The van der Waals surface area contributed by atoms with E-state index in [1.54, 1.807) is 29.1 Å². The number of urea groups is 2. The molecule has 1 N–H and O–H groups in total. The van der Waals surface area contributed by atoms with Gasteiger partial charge in [-0.15, -0.1) is 0 Å². The summed E-state index contributed by atoms with van der Waals surface area (Å²) < 4.78 is 0. The third-order valence-corrected chi connectivity index (χ3v) is 8.11. The van der Waals surface area contributed by atoms with E-state index in [2.05, 4.69) is 5.32 Å². The van der Waals surface area contributed by atoms with Gasteiger partial charge in [-0.1, -0.05) is 53.5 Å². The van der Waals surface area contributed by atoms with Gasteiger partial charge in [-0.3, -0.25) is 9.69 Å². The van der Waals surface area contributed by atoms with Crippen molar-refractivity contribution in [3.05, 3.63) is 69.8 Å². The number of fused-ring (bicyclic) bond motifs is 1. The van der Waals surface area contributed by atoms with Gasteiger partial charge in [-0.25, -0.2) is 9.59 Å². The predicted octanol–water partition coefficient (Wildman–Crippen LogP) is 4.78. The number of likely N-dealkylation sites (N-methyl/N-ethyl adjacent to an activating group) is 1. The van der Waals surface area contributed by atoms with Crippen LogP contribution >= 0.6 is 23.2 Å². The van der Waals surface area contributed by atoms with Crippen LogP contribution < -0.4 is 5.32 Å². The number of nitrogens with zero attached hydrogens (tertiary/aromatic N) is 4. The van der Waals surface area contributed by atoms with Gasteiger partial charge >= 0.3 is 12.1 Å². The Morgan fingerprint density at radius 1 is 1.03 bits per heavy atom. The molecule has 3 aliphatic heterocycles. The summed E-state index contributed by atoms with van der Waals surface area (Å²) >= 11 is 12.6. The Hall–Kier alpha value is -3.23. The van der Waals surface area contributed by atoms with Crippen LogP contribution in [0.25, 0.3) is 5.57 Å². The van der Waals surface area contributed by atoms with E-state index in [0.29, 0.717) is 49.1 Å². The SMILES string of the molecule is CN1CC(c2cccc(Cl)c2Cl)=CN(CC(=O)N2CCC(N3CCc4ccccc4NC3=O)CC2)C1=O. The van der Waals surface area contributed by atoms with Crippen molar-refractivity contribution in [2.45, 2.75) is 25.3 Å². The number of carbonyl (C=O) groups is 3. The largest absolute Gasteiger partial charge is 0.341 e. The second kappa shape index (κ2) is 10.6. The normalized spacial score (nSPS) is 18.8. The number of amides is 5. The number of hydrogen-bond donors (Lipinski definition) is 1. The van der Waals surface area contributed by atoms with Crippen LogP contribution in [0.5, 0.6) is 0 Å². The van der Waals surface area contributed by atoms with E-state index >= 15 is 0 Å². The summed E-state index contributed by atoms with van der Waals surface area (Å²) in [5, 5.41) is 3.89. The number of halogens is 2. The summed E-state index contributed by atoms with van der Waals surface area (Å²) in [5.41, 5.74) is 3.55. The number of para-hydroxylation sites is 1. The number of rotatable bonds is 4. The lowest BCUT2D eigenvalue weighted by Gasteiger charge is -2.39. The molecular formula is C27H29Cl2N5O3. The topological polar surface area (TPSA) is 76.2 Å². The number of hydrogen-bond acceptors (Lipinski definition) is 3. The summed E-state index contributed by atoms with van der Waals surface area (Å²) in [6, 6.07) is 13.0. The molecule has 2 aromatic carbocycles. The Bertz CT molecular complexity index is 1260. The van der Waals surface area contributed by atoms with Crippen LogP contribution in [0.15, 0.2) is 48.7 Å². The number of anilines is 1. The predicted molar refractivity (Wildman–Crippen MR) is 145 cm³/mol. The number of piperidine rings is 1. The van der Waals surface area contributed by atoms with Gasteiger partial charge in [0.15, 0.2) is 0 Å². The van der Waals surface area contributed by atoms with Gasteiger partial charge in [0.1, 0.15) is 6.54 Å². The molecule has 8 nitrogen and oxygen atoms in total. The van der Waals surface area contributed by atoms with Crippen molar-refractivity contribution in [2.24, 2.45) is 0 Å². The molecule has 0 aromatic heterocycles. The second-order valence-electron chi connectivity index (χ2n) is 9.66. The highest BCUT2D eigenvalue weighted by Gasteiger charge is 2.33. The third-order valence-electron chi connectivity index (χ3n) is 7.29. The average molecular weight is 542 g/mol. The molecule has 0 unspecified atom stereocenters. The molecule has 5 rings (SSSR count). The van der Waals surface area contributed by atoms with Gasteiger partial charge in [0.05, 0.1) is 10.0 Å². The maximum Gasteiger partial charge on any atom is 0.324 e. The maximum atomic E-state index is 13.2. The van der Waals surface area contributed by atoms with Crippen molar-refractivity contribution < 1.29 is 14.4 Å². The van der Waals surface area contributed by atoms with E-state index in [0.717, 1.165) is 28.8 Å². The van der Waals surface area contributed by atoms with Gasteiger partial charge in [-0.2, -0.15) is 0 Å². The maximum absolute atomic E-state index is 13.2. The summed E-state index contributed by atoms with van der Waals surface area (Å²) in [6.45, 7) is 2.03. The lowest BCUT2D eigenvalue weighted by atomic mass is 10.0. The molecule has 0 aliphatic carbocycles. The minimum atomic E-state index is -0.244. The molecule has 2 aromatic rings. The van der Waals surface area contributed by atoms with Crippen LogP contribution in [0.2, 0.25) is 10.0 Å². The molecule has 37 heavy (non-hydrogen) atoms. The summed E-state index contributed by atoms with van der Waals surface area (Å²) in [7, 11) is 1.70. The average Bonchev–Trinajstić information content (AvgIpc) is 3.06. The first-order chi connectivity index (χ1) is 17.8. The van der Waals surface area contributed by atoms with E-state index in [1.807, 2.05) is 41.3 Å². The van der Waals surface area contributed by atoms with E-state index in [4.69, 9.17) is 23.2 Å². The molecule has 0 saturated carbocycles. The Balaban J connectivity index is 1.22. The molecule has 3 heterocycles. The molecule has 5 amide bonds. The van der Waals surface area contributed by atoms with Crippen LogP contribution in [0.4, 0.5) is 15.3 Å². The fourth-order valence-electron chi connectivity index (χ4n) is 5.26. The van der Waals surface area contributed by atoms with Crippen molar-refractivity contribution in [1.29, 1.82) is 0 Å². The van der Waals surface area contributed by atoms with E-state index in [1.165, 1.54) is 4.90 Å². The highest BCUT2D eigenvalue weighted by molar-refractivity contribution is 6.43. The van der Waals surface area contributed by atoms with Gasteiger partial charge in [0.2, 0.25) is 5.91 Å². The second-order valence-corrected chi connectivity index (χ2v) is 10.5. The molecule has 0 radical (unpaired) electrons. The van der Waals surface area contributed by atoms with Crippen molar-refractivity contribution >= 4 is 52.4 Å². The zero-order valence-corrected chi connectivity index (χ0v) is 22.1. The van der Waals surface area contributed by atoms with Gasteiger partial charge in [-0.05, 0) is 42.5 Å². The zero-order valence-electron chi connectivity index (χ0n) is 20.6. The summed E-state index contributed by atoms with van der Waals surface area (Å²) in [4.78, 5) is 45.5. The third kappa shape index (κ3) is 5.26. The van der Waals surface area contributed by atoms with Crippen LogP contribution in [0.1, 0.15) is 24.0 Å². The molecule has 1 fully saturated rings. The highest BCUT2D eigenvalue weighted by atomic mass is 35.5.